The van der Waals surface area contributed by atoms with Crippen molar-refractivity contribution >= 4 is 34.1 Å². The van der Waals surface area contributed by atoms with E-state index in [4.69, 9.17) is 23.2 Å². The Morgan fingerprint density at radius 3 is 2.43 bits per heavy atom. The van der Waals surface area contributed by atoms with Gasteiger partial charge in [-0.2, -0.15) is 0 Å². The average molecular weight is 325 g/mol. The SMILES string of the molecule is Cc1cc2c(Cl)nc(-c3ccc(Cl)c(F)c3)nc2cc1F. The van der Waals surface area contributed by atoms with Gasteiger partial charge in [-0.3, -0.25) is 0 Å². The third-order valence-corrected chi connectivity index (χ3v) is 3.70. The molecule has 0 saturated carbocycles. The van der Waals surface area contributed by atoms with Gasteiger partial charge in [0.25, 0.3) is 0 Å². The minimum Gasteiger partial charge on any atom is -0.228 e. The van der Waals surface area contributed by atoms with Crippen LogP contribution in [-0.4, -0.2) is 9.97 Å². The van der Waals surface area contributed by atoms with Crippen LogP contribution in [-0.2, 0) is 0 Å². The van der Waals surface area contributed by atoms with E-state index in [1.165, 1.54) is 18.2 Å². The molecule has 0 saturated heterocycles. The zero-order chi connectivity index (χ0) is 15.1. The number of benzene rings is 2. The number of halogens is 4. The second-order valence-electron chi connectivity index (χ2n) is 4.59. The van der Waals surface area contributed by atoms with Gasteiger partial charge in [-0.1, -0.05) is 23.2 Å². The Kier molecular flexibility index (Phi) is 3.51. The molecule has 3 rings (SSSR count). The van der Waals surface area contributed by atoms with Crippen LogP contribution in [0.5, 0.6) is 0 Å². The van der Waals surface area contributed by atoms with Gasteiger partial charge in [0.1, 0.15) is 16.8 Å². The van der Waals surface area contributed by atoms with Gasteiger partial charge < -0.3 is 0 Å². The first-order valence-corrected chi connectivity index (χ1v) is 6.80. The highest BCUT2D eigenvalue weighted by molar-refractivity contribution is 6.34. The predicted octanol–water partition coefficient (Wildman–Crippen LogP) is 5.19. The highest BCUT2D eigenvalue weighted by atomic mass is 35.5. The van der Waals surface area contributed by atoms with Gasteiger partial charge in [-0.05, 0) is 36.8 Å². The van der Waals surface area contributed by atoms with Gasteiger partial charge >= 0.3 is 0 Å². The normalized spacial score (nSPS) is 11.1. The van der Waals surface area contributed by atoms with E-state index in [0.717, 1.165) is 0 Å². The lowest BCUT2D eigenvalue weighted by molar-refractivity contribution is 0.620. The van der Waals surface area contributed by atoms with Crippen LogP contribution < -0.4 is 0 Å². The van der Waals surface area contributed by atoms with E-state index in [0.29, 0.717) is 22.0 Å². The molecule has 0 aliphatic carbocycles. The van der Waals surface area contributed by atoms with E-state index in [-0.39, 0.29) is 21.8 Å². The van der Waals surface area contributed by atoms with E-state index < -0.39 is 5.82 Å². The van der Waals surface area contributed by atoms with Gasteiger partial charge in [0, 0.05) is 17.0 Å². The first kappa shape index (κ1) is 14.2. The standard InChI is InChI=1S/C15H8Cl2F2N2/c1-7-4-9-13(6-11(7)18)20-15(21-14(9)17)8-2-3-10(16)12(19)5-8/h2-6H,1H3. The first-order chi connectivity index (χ1) is 9.95. The highest BCUT2D eigenvalue weighted by Gasteiger charge is 2.12. The van der Waals surface area contributed by atoms with Crippen molar-refractivity contribution in [2.75, 3.05) is 0 Å². The highest BCUT2D eigenvalue weighted by Crippen LogP contribution is 2.28. The molecule has 0 bridgehead atoms. The molecule has 0 radical (unpaired) electrons. The van der Waals surface area contributed by atoms with Gasteiger partial charge in [0.2, 0.25) is 0 Å². The summed E-state index contributed by atoms with van der Waals surface area (Å²) < 4.78 is 27.2. The Hall–Kier alpha value is -1.78. The number of aromatic nitrogens is 2. The minimum atomic E-state index is -0.580. The maximum Gasteiger partial charge on any atom is 0.161 e. The van der Waals surface area contributed by atoms with Crippen molar-refractivity contribution in [1.82, 2.24) is 9.97 Å². The molecule has 0 aliphatic heterocycles. The third kappa shape index (κ3) is 2.57. The molecule has 0 fully saturated rings. The van der Waals surface area contributed by atoms with E-state index in [2.05, 4.69) is 9.97 Å². The van der Waals surface area contributed by atoms with Crippen LogP contribution in [0.1, 0.15) is 5.56 Å². The number of nitrogens with zero attached hydrogens (tertiary/aromatic N) is 2. The minimum absolute atomic E-state index is 0.00676. The molecular formula is C15H8Cl2F2N2. The molecule has 0 unspecified atom stereocenters. The van der Waals surface area contributed by atoms with Crippen molar-refractivity contribution in [3.63, 3.8) is 0 Å². The summed E-state index contributed by atoms with van der Waals surface area (Å²) in [7, 11) is 0. The number of hydrogen-bond acceptors (Lipinski definition) is 2. The lowest BCUT2D eigenvalue weighted by Crippen LogP contribution is -1.94. The molecular weight excluding hydrogens is 317 g/mol. The number of fused-ring (bicyclic) bond motifs is 1. The number of rotatable bonds is 1. The molecule has 0 aliphatic rings. The monoisotopic (exact) mass is 324 g/mol. The Morgan fingerprint density at radius 1 is 0.952 bits per heavy atom. The van der Waals surface area contributed by atoms with E-state index in [9.17, 15) is 8.78 Å². The Morgan fingerprint density at radius 2 is 1.71 bits per heavy atom. The Labute approximate surface area is 129 Å². The van der Waals surface area contributed by atoms with Gasteiger partial charge in [-0.25, -0.2) is 18.7 Å². The number of aryl methyl sites for hydroxylation is 1. The summed E-state index contributed by atoms with van der Waals surface area (Å²) in [5, 5.41) is 0.745. The largest absolute Gasteiger partial charge is 0.228 e. The molecule has 106 valence electrons. The van der Waals surface area contributed by atoms with Crippen LogP contribution in [0, 0.1) is 18.6 Å². The summed E-state index contributed by atoms with van der Waals surface area (Å²) in [6, 6.07) is 7.06. The van der Waals surface area contributed by atoms with Crippen LogP contribution in [0.25, 0.3) is 22.3 Å². The summed E-state index contributed by atoms with van der Waals surface area (Å²) >= 11 is 11.8. The van der Waals surface area contributed by atoms with Crippen LogP contribution in [0.15, 0.2) is 30.3 Å². The zero-order valence-corrected chi connectivity index (χ0v) is 12.3. The second kappa shape index (κ2) is 5.20. The molecule has 0 amide bonds. The van der Waals surface area contributed by atoms with Gasteiger partial charge in [0.05, 0.1) is 10.5 Å². The van der Waals surface area contributed by atoms with E-state index >= 15 is 0 Å². The molecule has 2 nitrogen and oxygen atoms in total. The molecule has 3 aromatic rings. The number of hydrogen-bond donors (Lipinski definition) is 0. The average Bonchev–Trinajstić information content (AvgIpc) is 2.44. The fraction of sp³-hybridized carbons (Fsp3) is 0.0667. The van der Waals surface area contributed by atoms with Crippen molar-refractivity contribution in [3.8, 4) is 11.4 Å². The summed E-state index contributed by atoms with van der Waals surface area (Å²) in [6.45, 7) is 1.63. The Bertz CT molecular complexity index is 866. The molecule has 2 aromatic carbocycles. The van der Waals surface area contributed by atoms with Crippen LogP contribution in [0.4, 0.5) is 8.78 Å². The second-order valence-corrected chi connectivity index (χ2v) is 5.35. The van der Waals surface area contributed by atoms with Crippen LogP contribution in [0.2, 0.25) is 10.2 Å². The van der Waals surface area contributed by atoms with Crippen molar-refractivity contribution in [2.24, 2.45) is 0 Å². The van der Waals surface area contributed by atoms with E-state index in [1.807, 2.05) is 0 Å². The van der Waals surface area contributed by atoms with Crippen LogP contribution in [0.3, 0.4) is 0 Å². The maximum atomic E-state index is 13.7. The van der Waals surface area contributed by atoms with Crippen LogP contribution >= 0.6 is 23.2 Å². The van der Waals surface area contributed by atoms with Crippen molar-refractivity contribution in [3.05, 3.63) is 57.7 Å². The summed E-state index contributed by atoms with van der Waals surface area (Å²) in [5.74, 6) is -0.749. The molecule has 0 atom stereocenters. The van der Waals surface area contributed by atoms with Gasteiger partial charge in [-0.15, -0.1) is 0 Å². The molecule has 0 spiro atoms. The fourth-order valence-corrected chi connectivity index (χ4v) is 2.33. The molecule has 1 heterocycles. The smallest absolute Gasteiger partial charge is 0.161 e. The molecule has 0 N–H and O–H groups in total. The molecule has 6 heteroatoms. The predicted molar refractivity (Wildman–Crippen MR) is 79.6 cm³/mol. The molecule has 1 aromatic heterocycles. The summed E-state index contributed by atoms with van der Waals surface area (Å²) in [5.41, 5.74) is 1.24. The quantitative estimate of drug-likeness (QED) is 0.575. The summed E-state index contributed by atoms with van der Waals surface area (Å²) in [6.07, 6.45) is 0. The van der Waals surface area contributed by atoms with Crippen molar-refractivity contribution in [2.45, 2.75) is 6.92 Å². The summed E-state index contributed by atoms with van der Waals surface area (Å²) in [4.78, 5) is 8.37. The zero-order valence-electron chi connectivity index (χ0n) is 10.8. The molecule has 21 heavy (non-hydrogen) atoms. The third-order valence-electron chi connectivity index (χ3n) is 3.11. The first-order valence-electron chi connectivity index (χ1n) is 6.04. The topological polar surface area (TPSA) is 25.8 Å². The van der Waals surface area contributed by atoms with Crippen molar-refractivity contribution < 1.29 is 8.78 Å². The Balaban J connectivity index is 2.24. The van der Waals surface area contributed by atoms with Gasteiger partial charge in [0.15, 0.2) is 5.82 Å². The lowest BCUT2D eigenvalue weighted by atomic mass is 10.1. The van der Waals surface area contributed by atoms with Crippen molar-refractivity contribution in [1.29, 1.82) is 0 Å². The lowest BCUT2D eigenvalue weighted by Gasteiger charge is -2.07. The van der Waals surface area contributed by atoms with E-state index in [1.54, 1.807) is 19.1 Å². The maximum absolute atomic E-state index is 13.7. The fourth-order valence-electron chi connectivity index (χ4n) is 1.99.